The molecule has 118 valence electrons. The number of ether oxygens (including phenoxy) is 2. The van der Waals surface area contributed by atoms with Gasteiger partial charge in [0.2, 0.25) is 0 Å². The maximum absolute atomic E-state index is 5.87. The fraction of sp³-hybridized carbons (Fsp3) is 0.368. The molecule has 0 spiro atoms. The van der Waals surface area contributed by atoms with Gasteiger partial charge in [0.25, 0.3) is 0 Å². The van der Waals surface area contributed by atoms with Crippen molar-refractivity contribution in [2.45, 2.75) is 33.1 Å². The third kappa shape index (κ3) is 4.42. The van der Waals surface area contributed by atoms with Gasteiger partial charge < -0.3 is 15.2 Å². The van der Waals surface area contributed by atoms with Crippen molar-refractivity contribution in [3.05, 3.63) is 53.6 Å². The van der Waals surface area contributed by atoms with Crippen LogP contribution in [0.25, 0.3) is 0 Å². The minimum Gasteiger partial charge on any atom is -0.490 e. The van der Waals surface area contributed by atoms with Gasteiger partial charge in [0, 0.05) is 0 Å². The van der Waals surface area contributed by atoms with E-state index in [1.807, 2.05) is 37.3 Å². The largest absolute Gasteiger partial charge is 0.490 e. The number of benzene rings is 2. The smallest absolute Gasteiger partial charge is 0.142 e. The van der Waals surface area contributed by atoms with Crippen LogP contribution in [0.2, 0.25) is 0 Å². The topological polar surface area (TPSA) is 44.5 Å². The van der Waals surface area contributed by atoms with Gasteiger partial charge in [0.15, 0.2) is 0 Å². The lowest BCUT2D eigenvalue weighted by atomic mass is 9.87. The summed E-state index contributed by atoms with van der Waals surface area (Å²) in [4.78, 5) is 0. The lowest BCUT2D eigenvalue weighted by Gasteiger charge is -2.19. The Hall–Kier alpha value is -2.16. The van der Waals surface area contributed by atoms with Gasteiger partial charge >= 0.3 is 0 Å². The second-order valence-electron chi connectivity index (χ2n) is 6.51. The average molecular weight is 299 g/mol. The Bertz CT molecular complexity index is 612. The Kier molecular flexibility index (Phi) is 4.96. The molecule has 3 heteroatoms. The number of aryl methyl sites for hydroxylation is 1. The zero-order valence-corrected chi connectivity index (χ0v) is 13.8. The summed E-state index contributed by atoms with van der Waals surface area (Å²) < 4.78 is 11.4. The van der Waals surface area contributed by atoms with Crippen molar-refractivity contribution in [1.82, 2.24) is 0 Å². The molecular formula is C19H25NO2. The van der Waals surface area contributed by atoms with Crippen molar-refractivity contribution >= 4 is 5.69 Å². The highest BCUT2D eigenvalue weighted by Gasteiger charge is 2.12. The summed E-state index contributed by atoms with van der Waals surface area (Å²) in [6.07, 6.45) is 0. The molecule has 0 saturated heterocycles. The highest BCUT2D eigenvalue weighted by atomic mass is 16.5. The molecule has 0 unspecified atom stereocenters. The van der Waals surface area contributed by atoms with Gasteiger partial charge in [0.05, 0.1) is 5.69 Å². The minimum atomic E-state index is 0.157. The van der Waals surface area contributed by atoms with Gasteiger partial charge in [-0.1, -0.05) is 39.0 Å². The molecule has 2 aromatic rings. The third-order valence-corrected chi connectivity index (χ3v) is 3.50. The predicted octanol–water partition coefficient (Wildman–Crippen LogP) is 4.33. The fourth-order valence-corrected chi connectivity index (χ4v) is 2.13. The Balaban J connectivity index is 1.83. The van der Waals surface area contributed by atoms with E-state index in [2.05, 4.69) is 32.9 Å². The molecule has 0 atom stereocenters. The molecule has 0 saturated carbocycles. The molecule has 0 heterocycles. The number of nitrogen functional groups attached to an aromatic ring is 1. The fourth-order valence-electron chi connectivity index (χ4n) is 2.13. The summed E-state index contributed by atoms with van der Waals surface area (Å²) in [5, 5.41) is 0. The van der Waals surface area contributed by atoms with Gasteiger partial charge in [-0.15, -0.1) is 0 Å². The quantitative estimate of drug-likeness (QED) is 0.660. The van der Waals surface area contributed by atoms with E-state index in [0.717, 1.165) is 11.3 Å². The first-order chi connectivity index (χ1) is 10.4. The number of nitrogens with two attached hydrogens (primary N) is 1. The van der Waals surface area contributed by atoms with Crippen LogP contribution in [0.4, 0.5) is 5.69 Å². The molecule has 2 rings (SSSR count). The minimum absolute atomic E-state index is 0.157. The molecule has 0 aromatic heterocycles. The maximum atomic E-state index is 5.87. The molecular weight excluding hydrogens is 274 g/mol. The van der Waals surface area contributed by atoms with Crippen LogP contribution in [0.3, 0.4) is 0 Å². The molecule has 2 N–H and O–H groups in total. The first kappa shape index (κ1) is 16.2. The number of rotatable bonds is 5. The molecule has 0 aliphatic carbocycles. The Morgan fingerprint density at radius 2 is 1.55 bits per heavy atom. The molecule has 0 fully saturated rings. The highest BCUT2D eigenvalue weighted by molar-refractivity contribution is 5.53. The second kappa shape index (κ2) is 6.73. The van der Waals surface area contributed by atoms with Crippen LogP contribution in [-0.4, -0.2) is 13.2 Å². The molecule has 0 amide bonds. The first-order valence-electron chi connectivity index (χ1n) is 7.58. The first-order valence-corrected chi connectivity index (χ1v) is 7.58. The Labute approximate surface area is 133 Å². The molecule has 0 radical (unpaired) electrons. The van der Waals surface area contributed by atoms with E-state index in [4.69, 9.17) is 15.2 Å². The third-order valence-electron chi connectivity index (χ3n) is 3.50. The number of hydrogen-bond acceptors (Lipinski definition) is 3. The van der Waals surface area contributed by atoms with Crippen molar-refractivity contribution in [2.75, 3.05) is 18.9 Å². The molecule has 0 aliphatic heterocycles. The van der Waals surface area contributed by atoms with E-state index in [9.17, 15) is 0 Å². The normalized spacial score (nSPS) is 11.3. The summed E-state index contributed by atoms with van der Waals surface area (Å²) >= 11 is 0. The van der Waals surface area contributed by atoms with E-state index < -0.39 is 0 Å². The van der Waals surface area contributed by atoms with Crippen LogP contribution < -0.4 is 15.2 Å². The Morgan fingerprint density at radius 1 is 0.909 bits per heavy atom. The van der Waals surface area contributed by atoms with E-state index in [1.54, 1.807) is 0 Å². The van der Waals surface area contributed by atoms with E-state index in [-0.39, 0.29) is 5.41 Å². The standard InChI is InChI=1S/C19H25NO2/c1-14-5-10-17(20)18(13-14)22-12-11-21-16-8-6-15(7-9-16)19(2,3)4/h5-10,13H,11-12,20H2,1-4H3. The molecule has 3 nitrogen and oxygen atoms in total. The van der Waals surface area contributed by atoms with Gasteiger partial charge in [-0.05, 0) is 47.7 Å². The average Bonchev–Trinajstić information content (AvgIpc) is 2.46. The van der Waals surface area contributed by atoms with E-state index in [1.165, 1.54) is 5.56 Å². The van der Waals surface area contributed by atoms with Gasteiger partial charge in [0.1, 0.15) is 24.7 Å². The number of anilines is 1. The van der Waals surface area contributed by atoms with Crippen LogP contribution in [0, 0.1) is 6.92 Å². The lowest BCUT2D eigenvalue weighted by molar-refractivity contribution is 0.218. The molecule has 0 bridgehead atoms. The van der Waals surface area contributed by atoms with Crippen LogP contribution in [0.1, 0.15) is 31.9 Å². The van der Waals surface area contributed by atoms with Crippen molar-refractivity contribution in [3.8, 4) is 11.5 Å². The summed E-state index contributed by atoms with van der Waals surface area (Å²) in [5.41, 5.74) is 9.11. The summed E-state index contributed by atoms with van der Waals surface area (Å²) in [6, 6.07) is 14.0. The molecule has 2 aromatic carbocycles. The second-order valence-corrected chi connectivity index (χ2v) is 6.51. The summed E-state index contributed by atoms with van der Waals surface area (Å²) in [7, 11) is 0. The number of hydrogen-bond donors (Lipinski definition) is 1. The summed E-state index contributed by atoms with van der Waals surface area (Å²) in [6.45, 7) is 9.56. The van der Waals surface area contributed by atoms with Crippen LogP contribution >= 0.6 is 0 Å². The highest BCUT2D eigenvalue weighted by Crippen LogP contribution is 2.24. The van der Waals surface area contributed by atoms with Crippen LogP contribution in [-0.2, 0) is 5.41 Å². The molecule has 0 aliphatic rings. The zero-order valence-electron chi connectivity index (χ0n) is 13.8. The van der Waals surface area contributed by atoms with Crippen molar-refractivity contribution in [3.63, 3.8) is 0 Å². The van der Waals surface area contributed by atoms with E-state index >= 15 is 0 Å². The monoisotopic (exact) mass is 299 g/mol. The van der Waals surface area contributed by atoms with Gasteiger partial charge in [-0.2, -0.15) is 0 Å². The van der Waals surface area contributed by atoms with Crippen LogP contribution in [0.5, 0.6) is 11.5 Å². The van der Waals surface area contributed by atoms with Crippen LogP contribution in [0.15, 0.2) is 42.5 Å². The van der Waals surface area contributed by atoms with Gasteiger partial charge in [-0.25, -0.2) is 0 Å². The maximum Gasteiger partial charge on any atom is 0.142 e. The lowest BCUT2D eigenvalue weighted by Crippen LogP contribution is -2.12. The predicted molar refractivity (Wildman–Crippen MR) is 91.7 cm³/mol. The Morgan fingerprint density at radius 3 is 2.18 bits per heavy atom. The van der Waals surface area contributed by atoms with Crippen molar-refractivity contribution in [1.29, 1.82) is 0 Å². The van der Waals surface area contributed by atoms with Gasteiger partial charge in [-0.3, -0.25) is 0 Å². The zero-order chi connectivity index (χ0) is 16.2. The van der Waals surface area contributed by atoms with E-state index in [0.29, 0.717) is 24.7 Å². The molecule has 22 heavy (non-hydrogen) atoms. The van der Waals surface area contributed by atoms with Crippen molar-refractivity contribution in [2.24, 2.45) is 0 Å². The SMILES string of the molecule is Cc1ccc(N)c(OCCOc2ccc(C(C)(C)C)cc2)c1. The summed E-state index contributed by atoms with van der Waals surface area (Å²) in [5.74, 6) is 1.57. The van der Waals surface area contributed by atoms with Crippen molar-refractivity contribution < 1.29 is 9.47 Å².